The van der Waals surface area contributed by atoms with Crippen molar-refractivity contribution in [3.8, 4) is 0 Å². The minimum atomic E-state index is -0.848. The molecule has 0 aliphatic carbocycles. The van der Waals surface area contributed by atoms with Crippen LogP contribution in [0.25, 0.3) is 0 Å². The maximum absolute atomic E-state index is 14.4. The number of amides is 1. The van der Waals surface area contributed by atoms with E-state index in [4.69, 9.17) is 11.6 Å². The molecule has 3 nitrogen and oxygen atoms in total. The van der Waals surface area contributed by atoms with Gasteiger partial charge < -0.3 is 10.6 Å². The van der Waals surface area contributed by atoms with E-state index in [1.165, 1.54) is 0 Å². The van der Waals surface area contributed by atoms with Crippen molar-refractivity contribution in [3.63, 3.8) is 0 Å². The van der Waals surface area contributed by atoms with Crippen LogP contribution in [0.1, 0.15) is 30.0 Å². The summed E-state index contributed by atoms with van der Waals surface area (Å²) in [6.45, 7) is 1.46. The summed E-state index contributed by atoms with van der Waals surface area (Å²) in [5.41, 5.74) is 0.594. The van der Waals surface area contributed by atoms with Gasteiger partial charge in [-0.3, -0.25) is 4.79 Å². The van der Waals surface area contributed by atoms with Gasteiger partial charge in [0.2, 0.25) is 5.91 Å². The van der Waals surface area contributed by atoms with Crippen LogP contribution in [-0.4, -0.2) is 19.0 Å². The van der Waals surface area contributed by atoms with E-state index < -0.39 is 17.7 Å². The Bertz CT molecular complexity index is 767. The Hall–Kier alpha value is -1.69. The number of carbonyl (C=O) groups excluding carboxylic acids is 1. The van der Waals surface area contributed by atoms with Crippen molar-refractivity contribution in [3.05, 3.63) is 70.2 Å². The van der Waals surface area contributed by atoms with Crippen molar-refractivity contribution in [1.82, 2.24) is 10.6 Å². The first-order valence-corrected chi connectivity index (χ1v) is 8.64. The van der Waals surface area contributed by atoms with Crippen molar-refractivity contribution >= 4 is 29.9 Å². The molecule has 0 radical (unpaired) electrons. The van der Waals surface area contributed by atoms with E-state index in [1.54, 1.807) is 24.3 Å². The standard InChI is InChI=1S/C19H19ClF2N2O.ClH/c20-16-6-2-1-5-14(16)18(15-10-13(21)7-8-17(15)22)24-19(25)12-4-3-9-23-11-12;/h1-2,5-8,10,12,18,23H,3-4,9,11H2,(H,24,25);1H. The molecule has 0 bridgehead atoms. The lowest BCUT2D eigenvalue weighted by molar-refractivity contribution is -0.126. The summed E-state index contributed by atoms with van der Waals surface area (Å²) in [5, 5.41) is 6.42. The van der Waals surface area contributed by atoms with E-state index >= 15 is 0 Å². The van der Waals surface area contributed by atoms with Crippen LogP contribution in [-0.2, 0) is 4.79 Å². The molecule has 1 saturated heterocycles. The highest BCUT2D eigenvalue weighted by Crippen LogP contribution is 2.31. The van der Waals surface area contributed by atoms with Crippen molar-refractivity contribution in [2.75, 3.05) is 13.1 Å². The monoisotopic (exact) mass is 400 g/mol. The molecule has 2 unspecified atom stereocenters. The third-order valence-corrected chi connectivity index (χ3v) is 4.78. The Morgan fingerprint density at radius 3 is 2.65 bits per heavy atom. The highest BCUT2D eigenvalue weighted by atomic mass is 35.5. The second-order valence-corrected chi connectivity index (χ2v) is 6.58. The Kier molecular flexibility index (Phi) is 7.38. The molecule has 2 N–H and O–H groups in total. The summed E-state index contributed by atoms with van der Waals surface area (Å²) < 4.78 is 28.0. The smallest absolute Gasteiger partial charge is 0.225 e. The third kappa shape index (κ3) is 4.72. The first-order chi connectivity index (χ1) is 12.1. The lowest BCUT2D eigenvalue weighted by Gasteiger charge is -2.26. The number of hydrogen-bond acceptors (Lipinski definition) is 2. The van der Waals surface area contributed by atoms with Crippen LogP contribution in [0.3, 0.4) is 0 Å². The molecule has 0 aromatic heterocycles. The maximum Gasteiger partial charge on any atom is 0.225 e. The average molecular weight is 401 g/mol. The van der Waals surface area contributed by atoms with Gasteiger partial charge in [-0.25, -0.2) is 8.78 Å². The summed E-state index contributed by atoms with van der Waals surface area (Å²) in [7, 11) is 0. The lowest BCUT2D eigenvalue weighted by Crippen LogP contribution is -2.42. The van der Waals surface area contributed by atoms with Gasteiger partial charge in [-0.1, -0.05) is 29.8 Å². The van der Waals surface area contributed by atoms with Gasteiger partial charge in [-0.05, 0) is 49.2 Å². The topological polar surface area (TPSA) is 41.1 Å². The fraction of sp³-hybridized carbons (Fsp3) is 0.316. The van der Waals surface area contributed by atoms with Gasteiger partial charge in [0.05, 0.1) is 12.0 Å². The first kappa shape index (κ1) is 20.6. The fourth-order valence-electron chi connectivity index (χ4n) is 3.10. The Morgan fingerprint density at radius 1 is 1.19 bits per heavy atom. The molecule has 2 aromatic rings. The SMILES string of the molecule is Cl.O=C(NC(c1cc(F)ccc1F)c1ccccc1Cl)C1CCCNC1. The van der Waals surface area contributed by atoms with Crippen LogP contribution >= 0.6 is 24.0 Å². The first-order valence-electron chi connectivity index (χ1n) is 8.26. The molecule has 1 fully saturated rings. The number of hydrogen-bond donors (Lipinski definition) is 2. The van der Waals surface area contributed by atoms with E-state index in [0.717, 1.165) is 37.6 Å². The third-order valence-electron chi connectivity index (χ3n) is 4.44. The Morgan fingerprint density at radius 2 is 1.96 bits per heavy atom. The molecular weight excluding hydrogens is 381 g/mol. The minimum absolute atomic E-state index is 0. The number of rotatable bonds is 4. The van der Waals surface area contributed by atoms with Crippen molar-refractivity contribution in [2.45, 2.75) is 18.9 Å². The lowest BCUT2D eigenvalue weighted by atomic mass is 9.94. The zero-order valence-electron chi connectivity index (χ0n) is 14.0. The van der Waals surface area contributed by atoms with Gasteiger partial charge in [0.25, 0.3) is 0 Å². The van der Waals surface area contributed by atoms with E-state index in [0.29, 0.717) is 17.1 Å². The van der Waals surface area contributed by atoms with Crippen LogP contribution in [0.15, 0.2) is 42.5 Å². The molecule has 140 valence electrons. The van der Waals surface area contributed by atoms with Crippen molar-refractivity contribution in [2.24, 2.45) is 5.92 Å². The van der Waals surface area contributed by atoms with Gasteiger partial charge >= 0.3 is 0 Å². The van der Waals surface area contributed by atoms with Gasteiger partial charge in [0.1, 0.15) is 11.6 Å². The molecule has 1 aliphatic heterocycles. The predicted molar refractivity (Wildman–Crippen MR) is 101 cm³/mol. The second kappa shape index (κ2) is 9.31. The van der Waals surface area contributed by atoms with Crippen molar-refractivity contribution < 1.29 is 13.6 Å². The zero-order chi connectivity index (χ0) is 17.8. The van der Waals surface area contributed by atoms with Crippen LogP contribution in [0, 0.1) is 17.6 Å². The quantitative estimate of drug-likeness (QED) is 0.805. The van der Waals surface area contributed by atoms with Crippen LogP contribution < -0.4 is 10.6 Å². The summed E-state index contributed by atoms with van der Waals surface area (Å²) >= 11 is 6.25. The average Bonchev–Trinajstić information content (AvgIpc) is 2.63. The highest BCUT2D eigenvalue weighted by Gasteiger charge is 2.27. The summed E-state index contributed by atoms with van der Waals surface area (Å²) in [4.78, 5) is 12.7. The van der Waals surface area contributed by atoms with Crippen LogP contribution in [0.2, 0.25) is 5.02 Å². The zero-order valence-corrected chi connectivity index (χ0v) is 15.5. The number of carbonyl (C=O) groups is 1. The van der Waals surface area contributed by atoms with Crippen LogP contribution in [0.4, 0.5) is 8.78 Å². The molecule has 7 heteroatoms. The van der Waals surface area contributed by atoms with Gasteiger partial charge in [0.15, 0.2) is 0 Å². The normalized spacial score (nSPS) is 17.9. The predicted octanol–water partition coefficient (Wildman–Crippen LogP) is 4.25. The molecule has 2 atom stereocenters. The molecule has 1 aliphatic rings. The summed E-state index contributed by atoms with van der Waals surface area (Å²) in [5.74, 6) is -1.55. The summed E-state index contributed by atoms with van der Waals surface area (Å²) in [6, 6.07) is 9.23. The molecule has 1 heterocycles. The fourth-order valence-corrected chi connectivity index (χ4v) is 3.35. The molecule has 1 amide bonds. The number of halogens is 4. The molecule has 3 rings (SSSR count). The Labute approximate surface area is 162 Å². The van der Waals surface area contributed by atoms with Gasteiger partial charge in [-0.15, -0.1) is 12.4 Å². The van der Waals surface area contributed by atoms with Gasteiger partial charge in [0, 0.05) is 17.1 Å². The van der Waals surface area contributed by atoms with E-state index in [9.17, 15) is 13.6 Å². The highest BCUT2D eigenvalue weighted by molar-refractivity contribution is 6.31. The van der Waals surface area contributed by atoms with E-state index in [1.807, 2.05) is 0 Å². The Balaban J connectivity index is 0.00000243. The van der Waals surface area contributed by atoms with Crippen LogP contribution in [0.5, 0.6) is 0 Å². The molecule has 0 saturated carbocycles. The van der Waals surface area contributed by atoms with Crippen molar-refractivity contribution in [1.29, 1.82) is 0 Å². The molecule has 26 heavy (non-hydrogen) atoms. The molecule has 2 aromatic carbocycles. The summed E-state index contributed by atoms with van der Waals surface area (Å²) in [6.07, 6.45) is 1.67. The van der Waals surface area contributed by atoms with E-state index in [2.05, 4.69) is 10.6 Å². The number of nitrogens with one attached hydrogen (secondary N) is 2. The maximum atomic E-state index is 14.4. The molecular formula is C19H20Cl2F2N2O. The largest absolute Gasteiger partial charge is 0.345 e. The van der Waals surface area contributed by atoms with Gasteiger partial charge in [-0.2, -0.15) is 0 Å². The number of piperidine rings is 1. The second-order valence-electron chi connectivity index (χ2n) is 6.17. The minimum Gasteiger partial charge on any atom is -0.345 e. The number of benzene rings is 2. The molecule has 0 spiro atoms. The van der Waals surface area contributed by atoms with E-state index in [-0.39, 0.29) is 29.8 Å².